The van der Waals surface area contributed by atoms with Gasteiger partial charge < -0.3 is 20.6 Å². The van der Waals surface area contributed by atoms with E-state index in [1.54, 1.807) is 7.05 Å². The van der Waals surface area contributed by atoms with Gasteiger partial charge in [0.25, 0.3) is 0 Å². The number of benzene rings is 1. The van der Waals surface area contributed by atoms with Crippen molar-refractivity contribution in [3.05, 3.63) is 48.0 Å². The Labute approximate surface area is 183 Å². The SMILES string of the molecule is CCCCNC(=O)[C@@H]1[C@H]2C=C[C@@H](C)[C@@H](C(=O)NC)[C@H]2C(=O)N1[C@H](CO)c1ccccc1. The monoisotopic (exact) mass is 427 g/mol. The molecule has 0 saturated carbocycles. The molecule has 3 rings (SSSR count). The van der Waals surface area contributed by atoms with Gasteiger partial charge in [-0.15, -0.1) is 0 Å². The number of allylic oxidation sites excluding steroid dienone is 1. The van der Waals surface area contributed by atoms with Crippen LogP contribution in [0.15, 0.2) is 42.5 Å². The van der Waals surface area contributed by atoms with E-state index in [1.165, 1.54) is 4.90 Å². The van der Waals surface area contributed by atoms with E-state index in [1.807, 2.05) is 56.3 Å². The number of aliphatic hydroxyl groups excluding tert-OH is 1. The molecule has 1 heterocycles. The Kier molecular flexibility index (Phi) is 7.49. The van der Waals surface area contributed by atoms with Gasteiger partial charge in [0.2, 0.25) is 17.7 Å². The summed E-state index contributed by atoms with van der Waals surface area (Å²) < 4.78 is 0. The van der Waals surface area contributed by atoms with Crippen LogP contribution in [0.2, 0.25) is 0 Å². The van der Waals surface area contributed by atoms with E-state index < -0.39 is 29.8 Å². The third-order valence-electron chi connectivity index (χ3n) is 6.55. The standard InChI is InChI=1S/C24H33N3O4/c1-4-5-13-26-23(30)21-17-12-11-15(2)19(22(29)25-3)20(17)24(31)27(21)18(14-28)16-9-7-6-8-10-16/h6-12,15,17-21,28H,4-5,13-14H2,1-3H3,(H,25,29)(H,26,30)/t15-,17+,18-,19-,20+,21+/m1/s1. The van der Waals surface area contributed by atoms with E-state index >= 15 is 0 Å². The molecular weight excluding hydrogens is 394 g/mol. The van der Waals surface area contributed by atoms with Crippen molar-refractivity contribution in [2.24, 2.45) is 23.7 Å². The summed E-state index contributed by atoms with van der Waals surface area (Å²) in [4.78, 5) is 41.3. The van der Waals surface area contributed by atoms with E-state index in [4.69, 9.17) is 0 Å². The predicted molar refractivity (Wildman–Crippen MR) is 118 cm³/mol. The Hall–Kier alpha value is -2.67. The van der Waals surface area contributed by atoms with Gasteiger partial charge in [-0.05, 0) is 17.9 Å². The van der Waals surface area contributed by atoms with Crippen LogP contribution < -0.4 is 10.6 Å². The Morgan fingerprint density at radius 1 is 1.16 bits per heavy atom. The first-order chi connectivity index (χ1) is 15.0. The molecule has 0 radical (unpaired) electrons. The van der Waals surface area contributed by atoms with Gasteiger partial charge in [0.1, 0.15) is 6.04 Å². The van der Waals surface area contributed by atoms with Gasteiger partial charge in [0, 0.05) is 19.5 Å². The van der Waals surface area contributed by atoms with E-state index in [2.05, 4.69) is 10.6 Å². The van der Waals surface area contributed by atoms with Crippen LogP contribution in [0, 0.1) is 23.7 Å². The van der Waals surface area contributed by atoms with Crippen LogP contribution >= 0.6 is 0 Å². The summed E-state index contributed by atoms with van der Waals surface area (Å²) in [5, 5.41) is 15.9. The molecule has 168 valence electrons. The fraction of sp³-hybridized carbons (Fsp3) is 0.542. The Bertz CT molecular complexity index is 825. The molecule has 1 fully saturated rings. The van der Waals surface area contributed by atoms with E-state index in [0.717, 1.165) is 18.4 Å². The first-order valence-electron chi connectivity index (χ1n) is 11.1. The molecule has 2 aliphatic rings. The third-order valence-corrected chi connectivity index (χ3v) is 6.55. The molecule has 31 heavy (non-hydrogen) atoms. The van der Waals surface area contributed by atoms with Crippen molar-refractivity contribution in [2.45, 2.75) is 38.8 Å². The molecule has 0 spiro atoms. The number of hydrogen-bond acceptors (Lipinski definition) is 4. The highest BCUT2D eigenvalue weighted by atomic mass is 16.3. The van der Waals surface area contributed by atoms with Crippen molar-refractivity contribution in [2.75, 3.05) is 20.2 Å². The second-order valence-corrected chi connectivity index (χ2v) is 8.43. The maximum absolute atomic E-state index is 13.8. The molecule has 1 aliphatic heterocycles. The average molecular weight is 428 g/mol. The predicted octanol–water partition coefficient (Wildman–Crippen LogP) is 1.65. The summed E-state index contributed by atoms with van der Waals surface area (Å²) in [6.07, 6.45) is 5.63. The number of nitrogens with zero attached hydrogens (tertiary/aromatic N) is 1. The number of rotatable bonds is 8. The molecule has 1 aromatic rings. The fourth-order valence-electron chi connectivity index (χ4n) is 4.96. The van der Waals surface area contributed by atoms with Crippen LogP contribution in [0.1, 0.15) is 38.3 Å². The maximum atomic E-state index is 13.8. The molecule has 1 saturated heterocycles. The first-order valence-corrected chi connectivity index (χ1v) is 11.1. The highest BCUT2D eigenvalue weighted by Gasteiger charge is 2.58. The summed E-state index contributed by atoms with van der Waals surface area (Å²) >= 11 is 0. The van der Waals surface area contributed by atoms with Gasteiger partial charge in [-0.1, -0.05) is 62.8 Å². The molecular formula is C24H33N3O4. The van der Waals surface area contributed by atoms with Crippen molar-refractivity contribution in [3.63, 3.8) is 0 Å². The molecule has 1 aromatic carbocycles. The lowest BCUT2D eigenvalue weighted by molar-refractivity contribution is -0.143. The summed E-state index contributed by atoms with van der Waals surface area (Å²) in [7, 11) is 1.56. The molecule has 3 N–H and O–H groups in total. The highest BCUT2D eigenvalue weighted by Crippen LogP contribution is 2.46. The van der Waals surface area contributed by atoms with Crippen LogP contribution in [0.25, 0.3) is 0 Å². The number of aliphatic hydroxyl groups is 1. The molecule has 7 nitrogen and oxygen atoms in total. The number of nitrogens with one attached hydrogen (secondary N) is 2. The molecule has 3 amide bonds. The van der Waals surface area contributed by atoms with Crippen molar-refractivity contribution >= 4 is 17.7 Å². The molecule has 0 unspecified atom stereocenters. The summed E-state index contributed by atoms with van der Waals surface area (Å²) in [5.41, 5.74) is 0.761. The minimum absolute atomic E-state index is 0.127. The summed E-state index contributed by atoms with van der Waals surface area (Å²) in [6, 6.07) is 7.81. The van der Waals surface area contributed by atoms with E-state index in [-0.39, 0.29) is 30.2 Å². The van der Waals surface area contributed by atoms with Gasteiger partial charge >= 0.3 is 0 Å². The smallest absolute Gasteiger partial charge is 0.243 e. The molecule has 6 atom stereocenters. The quantitative estimate of drug-likeness (QED) is 0.434. The number of amides is 3. The molecule has 0 aromatic heterocycles. The van der Waals surface area contributed by atoms with Gasteiger partial charge in [-0.2, -0.15) is 0 Å². The lowest BCUT2D eigenvalue weighted by Crippen LogP contribution is -2.49. The lowest BCUT2D eigenvalue weighted by atomic mass is 9.70. The first kappa shape index (κ1) is 23.0. The second-order valence-electron chi connectivity index (χ2n) is 8.43. The molecule has 1 aliphatic carbocycles. The summed E-state index contributed by atoms with van der Waals surface area (Å²) in [5.74, 6) is -2.44. The Balaban J connectivity index is 2.04. The fourth-order valence-corrected chi connectivity index (χ4v) is 4.96. The zero-order chi connectivity index (χ0) is 22.5. The highest BCUT2D eigenvalue weighted by molar-refractivity contribution is 5.97. The van der Waals surface area contributed by atoms with Crippen LogP contribution in [-0.2, 0) is 14.4 Å². The van der Waals surface area contributed by atoms with Gasteiger partial charge in [-0.25, -0.2) is 0 Å². The van der Waals surface area contributed by atoms with Crippen LogP contribution in [0.5, 0.6) is 0 Å². The van der Waals surface area contributed by atoms with Crippen molar-refractivity contribution in [1.29, 1.82) is 0 Å². The summed E-state index contributed by atoms with van der Waals surface area (Å²) in [6.45, 7) is 4.18. The number of hydrogen-bond donors (Lipinski definition) is 3. The van der Waals surface area contributed by atoms with Crippen LogP contribution in [0.3, 0.4) is 0 Å². The van der Waals surface area contributed by atoms with Gasteiger partial charge in [0.05, 0.1) is 24.5 Å². The zero-order valence-electron chi connectivity index (χ0n) is 18.5. The van der Waals surface area contributed by atoms with Crippen molar-refractivity contribution < 1.29 is 19.5 Å². The molecule has 0 bridgehead atoms. The number of likely N-dealkylation sites (tertiary alicyclic amines) is 1. The second kappa shape index (κ2) is 10.1. The third kappa shape index (κ3) is 4.37. The number of carbonyl (C=O) groups excluding carboxylic acids is 3. The topological polar surface area (TPSA) is 98.7 Å². The minimum atomic E-state index is -0.775. The lowest BCUT2D eigenvalue weighted by Gasteiger charge is -2.33. The normalized spacial score (nSPS) is 28.2. The average Bonchev–Trinajstić information content (AvgIpc) is 3.07. The van der Waals surface area contributed by atoms with Crippen LogP contribution in [-0.4, -0.2) is 54.0 Å². The van der Waals surface area contributed by atoms with Crippen molar-refractivity contribution in [1.82, 2.24) is 15.5 Å². The Morgan fingerprint density at radius 2 is 1.87 bits per heavy atom. The van der Waals surface area contributed by atoms with Gasteiger partial charge in [0.15, 0.2) is 0 Å². The van der Waals surface area contributed by atoms with Crippen molar-refractivity contribution in [3.8, 4) is 0 Å². The van der Waals surface area contributed by atoms with Gasteiger partial charge in [-0.3, -0.25) is 14.4 Å². The maximum Gasteiger partial charge on any atom is 0.243 e. The number of unbranched alkanes of at least 4 members (excludes halogenated alkanes) is 1. The Morgan fingerprint density at radius 3 is 2.48 bits per heavy atom. The largest absolute Gasteiger partial charge is 0.394 e. The van der Waals surface area contributed by atoms with E-state index in [9.17, 15) is 19.5 Å². The zero-order valence-corrected chi connectivity index (χ0v) is 18.5. The number of fused-ring (bicyclic) bond motifs is 1. The van der Waals surface area contributed by atoms with Crippen LogP contribution in [0.4, 0.5) is 0 Å². The minimum Gasteiger partial charge on any atom is -0.394 e. The van der Waals surface area contributed by atoms with E-state index in [0.29, 0.717) is 6.54 Å². The molecule has 7 heteroatoms. The number of carbonyl (C=O) groups is 3.